The van der Waals surface area contributed by atoms with Crippen LogP contribution in [-0.4, -0.2) is 18.7 Å². The van der Waals surface area contributed by atoms with Gasteiger partial charge in [0.1, 0.15) is 11.0 Å². The van der Waals surface area contributed by atoms with Crippen LogP contribution in [0, 0.1) is 0 Å². The highest BCUT2D eigenvalue weighted by Gasteiger charge is 2.44. The topological polar surface area (TPSA) is 51.6 Å². The van der Waals surface area contributed by atoms with Gasteiger partial charge in [0.15, 0.2) is 0 Å². The highest BCUT2D eigenvalue weighted by Crippen LogP contribution is 2.58. The number of fused-ring (bicyclic) bond motifs is 7. The zero-order valence-corrected chi connectivity index (χ0v) is 56.1. The smallest absolute Gasteiger partial charge is 0.113 e. The number of rotatable bonds is 29. The maximum absolute atomic E-state index is 5.03. The molecule has 0 amide bonds. The van der Waals surface area contributed by atoms with E-state index >= 15 is 0 Å². The summed E-state index contributed by atoms with van der Waals surface area (Å²) in [5.41, 5.74) is 30.0. The quantitative estimate of drug-likeness (QED) is 0.0439. The predicted molar refractivity (Wildman–Crippen MR) is 398 cm³/mol. The minimum atomic E-state index is -0.178. The molecule has 0 atom stereocenters. The second-order valence-corrected chi connectivity index (χ2v) is 27.1. The van der Waals surface area contributed by atoms with E-state index in [-0.39, 0.29) is 10.8 Å². The van der Waals surface area contributed by atoms with Gasteiger partial charge in [0, 0.05) is 46.7 Å². The molecule has 93 heavy (non-hydrogen) atoms. The van der Waals surface area contributed by atoms with E-state index < -0.39 is 0 Å². The number of aromatic nitrogens is 4. The molecule has 0 N–H and O–H groups in total. The van der Waals surface area contributed by atoms with Gasteiger partial charge in [0.2, 0.25) is 0 Å². The van der Waals surface area contributed by atoms with Gasteiger partial charge in [-0.15, -0.1) is 0 Å². The van der Waals surface area contributed by atoms with Crippen LogP contribution in [-0.2, 0) is 10.8 Å². The lowest BCUT2D eigenvalue weighted by Gasteiger charge is -2.34. The molecule has 2 aliphatic carbocycles. The Kier molecular flexibility index (Phi) is 20.1. The van der Waals surface area contributed by atoms with E-state index in [2.05, 4.69) is 244 Å². The molecule has 11 aromatic rings. The Balaban J connectivity index is 0.995. The Labute approximate surface area is 558 Å². The maximum Gasteiger partial charge on any atom is 0.113 e. The van der Waals surface area contributed by atoms with Crippen LogP contribution in [0.3, 0.4) is 0 Å². The summed E-state index contributed by atoms with van der Waals surface area (Å²) in [5, 5.41) is 0. The lowest BCUT2D eigenvalue weighted by Crippen LogP contribution is -2.25. The van der Waals surface area contributed by atoms with Gasteiger partial charge >= 0.3 is 0 Å². The largest absolute Gasteiger partial charge is 0.265 e. The lowest BCUT2D eigenvalue weighted by molar-refractivity contribution is 0.401. The van der Waals surface area contributed by atoms with Crippen molar-refractivity contribution in [3.05, 3.63) is 251 Å². The highest BCUT2D eigenvalue weighted by atomic mass is 32.1. The van der Waals surface area contributed by atoms with Crippen molar-refractivity contribution in [2.75, 3.05) is 0 Å². The number of benzene rings is 8. The fourth-order valence-corrected chi connectivity index (χ4v) is 16.3. The number of pyridine rings is 2. The summed E-state index contributed by atoms with van der Waals surface area (Å²) in [5.74, 6) is 0. The van der Waals surface area contributed by atoms with Crippen LogP contribution < -0.4 is 0 Å². The second kappa shape index (κ2) is 29.5. The maximum atomic E-state index is 5.03. The molecule has 0 unspecified atom stereocenters. The van der Waals surface area contributed by atoms with Crippen molar-refractivity contribution in [2.24, 2.45) is 0 Å². The van der Waals surface area contributed by atoms with Gasteiger partial charge in [-0.3, -0.25) is 9.97 Å². The summed E-state index contributed by atoms with van der Waals surface area (Å²) in [6.07, 6.45) is 41.1. The fraction of sp³-hybridized carbons (Fsp3) is 0.295. The minimum absolute atomic E-state index is 0.108. The van der Waals surface area contributed by atoms with Gasteiger partial charge in [0.25, 0.3) is 0 Å². The molecule has 0 spiro atoms. The molecule has 8 aromatic carbocycles. The molecule has 0 radical (unpaired) electrons. The van der Waals surface area contributed by atoms with Gasteiger partial charge in [-0.1, -0.05) is 276 Å². The van der Waals surface area contributed by atoms with Crippen molar-refractivity contribution in [1.82, 2.24) is 18.7 Å². The van der Waals surface area contributed by atoms with Crippen LogP contribution in [0.15, 0.2) is 207 Å². The molecule has 3 heterocycles. The van der Waals surface area contributed by atoms with E-state index in [1.54, 1.807) is 0 Å². The van der Waals surface area contributed by atoms with Crippen molar-refractivity contribution < 1.29 is 0 Å². The summed E-state index contributed by atoms with van der Waals surface area (Å²) in [7, 11) is 0. The lowest BCUT2D eigenvalue weighted by atomic mass is 9.69. The molecular weight excluding hydrogens is 1150 g/mol. The molecule has 5 heteroatoms. The fourth-order valence-electron chi connectivity index (χ4n) is 15.7. The molecule has 0 bridgehead atoms. The Hall–Kier alpha value is -8.64. The predicted octanol–water partition coefficient (Wildman–Crippen LogP) is 25.6. The average Bonchev–Trinajstić information content (AvgIpc) is 1.58. The Bertz CT molecular complexity index is 4360. The molecule has 0 fully saturated rings. The highest BCUT2D eigenvalue weighted by molar-refractivity contribution is 7.00. The molecular formula is C88H90N4S. The number of hydrogen-bond acceptors (Lipinski definition) is 5. The number of nitrogens with zero attached hydrogens (tertiary/aromatic N) is 4. The number of hydrogen-bond donors (Lipinski definition) is 0. The molecule has 0 saturated carbocycles. The minimum Gasteiger partial charge on any atom is -0.265 e. The van der Waals surface area contributed by atoms with E-state index in [1.807, 2.05) is 24.8 Å². The normalized spacial score (nSPS) is 13.5. The summed E-state index contributed by atoms with van der Waals surface area (Å²) in [4.78, 5) is 8.86. The molecule has 0 aliphatic heterocycles. The Morgan fingerprint density at radius 2 is 0.624 bits per heavy atom. The Morgan fingerprint density at radius 3 is 1.01 bits per heavy atom. The monoisotopic (exact) mass is 1230 g/mol. The molecule has 0 saturated heterocycles. The van der Waals surface area contributed by atoms with E-state index in [0.29, 0.717) is 0 Å². The van der Waals surface area contributed by atoms with Crippen molar-refractivity contribution in [3.63, 3.8) is 0 Å². The van der Waals surface area contributed by atoms with Crippen molar-refractivity contribution >= 4 is 47.1 Å². The summed E-state index contributed by atoms with van der Waals surface area (Å²) in [6.45, 7) is 9.36. The third kappa shape index (κ3) is 13.2. The third-order valence-electron chi connectivity index (χ3n) is 20.6. The van der Waals surface area contributed by atoms with E-state index in [4.69, 9.17) is 8.75 Å². The molecule has 3 aromatic heterocycles. The molecule has 468 valence electrons. The van der Waals surface area contributed by atoms with Crippen LogP contribution in [0.4, 0.5) is 0 Å². The van der Waals surface area contributed by atoms with Gasteiger partial charge in [-0.2, -0.15) is 8.75 Å². The van der Waals surface area contributed by atoms with Crippen LogP contribution in [0.5, 0.6) is 0 Å². The van der Waals surface area contributed by atoms with Gasteiger partial charge < -0.3 is 0 Å². The molecule has 13 rings (SSSR count). The van der Waals surface area contributed by atoms with Crippen LogP contribution >= 0.6 is 11.7 Å². The first-order valence-corrected chi connectivity index (χ1v) is 36.0. The first-order chi connectivity index (χ1) is 45.9. The SMILES string of the molecule is CCCCCCC1(CCCCCC)c2cc(-c3ccccc3)ccc2-c2ccc(-c3cc(/C=C/c4ccncc4)c(-c4ccc5c(c4)C(CCCCCC)(CCCCCC)c4cc(-c6ccc(-c7ccccc7)c7nsnc67)ccc4-5)cc3/C=C/c3ccncc3)cc21. The van der Waals surface area contributed by atoms with Crippen LogP contribution in [0.25, 0.3) is 113 Å². The van der Waals surface area contributed by atoms with E-state index in [9.17, 15) is 0 Å². The van der Waals surface area contributed by atoms with Crippen molar-refractivity contribution in [2.45, 2.75) is 167 Å². The van der Waals surface area contributed by atoms with Gasteiger partial charge in [-0.05, 0) is 198 Å². The average molecular weight is 1240 g/mol. The number of unbranched alkanes of at least 4 members (excludes halogenated alkanes) is 12. The molecule has 4 nitrogen and oxygen atoms in total. The van der Waals surface area contributed by atoms with Crippen molar-refractivity contribution in [3.8, 4) is 77.9 Å². The second-order valence-electron chi connectivity index (χ2n) is 26.6. The van der Waals surface area contributed by atoms with Gasteiger partial charge in [0.05, 0.1) is 11.7 Å². The van der Waals surface area contributed by atoms with Crippen molar-refractivity contribution in [1.29, 1.82) is 0 Å². The first-order valence-electron chi connectivity index (χ1n) is 35.2. The molecule has 2 aliphatic rings. The van der Waals surface area contributed by atoms with E-state index in [0.717, 1.165) is 59.0 Å². The zero-order valence-electron chi connectivity index (χ0n) is 55.3. The standard InChI is InChI=1S/C88H90N4S/c1-5-9-13-23-49-87(50-24-14-10-6-2)81-59-67(65-27-19-17-20-28-65)35-39-75(81)77-41-37-71(61-83(77)87)79-57-69(34-32-64-47-55-90-56-48-64)80(58-68(79)33-31-63-45-53-89-54-46-63)72-38-42-78-76-40-36-70(74-44-43-73(66-29-21-18-22-30-66)85-86(74)92-93-91-85)60-82(76)88(84(78)62-72,51-25-15-11-7-3)52-26-16-12-8-4/h17-22,27-48,53-62H,5-16,23-26,49-52H2,1-4H3/b33-31+,34-32+. The van der Waals surface area contributed by atoms with Crippen LogP contribution in [0.2, 0.25) is 0 Å². The first kappa shape index (κ1) is 63.1. The van der Waals surface area contributed by atoms with E-state index in [1.165, 1.54) is 215 Å². The summed E-state index contributed by atoms with van der Waals surface area (Å²) in [6, 6.07) is 69.7. The zero-order chi connectivity index (χ0) is 63.4. The third-order valence-corrected chi connectivity index (χ3v) is 21.2. The van der Waals surface area contributed by atoms with Gasteiger partial charge in [-0.25, -0.2) is 0 Å². The van der Waals surface area contributed by atoms with Crippen LogP contribution in [0.1, 0.15) is 201 Å². The Morgan fingerprint density at radius 1 is 0.290 bits per heavy atom. The summed E-state index contributed by atoms with van der Waals surface area (Å²) >= 11 is 1.32. The summed E-state index contributed by atoms with van der Waals surface area (Å²) < 4.78 is 9.98.